The van der Waals surface area contributed by atoms with E-state index in [1.165, 1.54) is 0 Å². The zero-order valence-corrected chi connectivity index (χ0v) is 13.6. The average molecular weight is 316 g/mol. The third-order valence-electron chi connectivity index (χ3n) is 3.84. The van der Waals surface area contributed by atoms with Gasteiger partial charge < -0.3 is 9.80 Å². The number of carbonyl (C=O) groups excluding carboxylic acids is 1. The van der Waals surface area contributed by atoms with Gasteiger partial charge in [0.25, 0.3) is 0 Å². The van der Waals surface area contributed by atoms with Gasteiger partial charge in [-0.25, -0.2) is 4.98 Å². The topological polar surface area (TPSA) is 49.3 Å². The summed E-state index contributed by atoms with van der Waals surface area (Å²) in [5.74, 6) is 0.174. The minimum Gasteiger partial charge on any atom is -0.341 e. The van der Waals surface area contributed by atoms with Crippen LogP contribution in [0.1, 0.15) is 12.1 Å². The Hall–Kier alpha value is -1.79. The van der Waals surface area contributed by atoms with Gasteiger partial charge in [-0.05, 0) is 32.1 Å². The third-order valence-corrected chi connectivity index (χ3v) is 4.75. The van der Waals surface area contributed by atoms with Crippen LogP contribution in [-0.4, -0.2) is 58.9 Å². The Morgan fingerprint density at radius 2 is 2.18 bits per heavy atom. The van der Waals surface area contributed by atoms with Gasteiger partial charge >= 0.3 is 0 Å². The molecule has 0 spiro atoms. The number of hydrogen-bond donors (Lipinski definition) is 0. The van der Waals surface area contributed by atoms with Gasteiger partial charge in [0.05, 0.1) is 17.8 Å². The van der Waals surface area contributed by atoms with Gasteiger partial charge in [0.15, 0.2) is 0 Å². The van der Waals surface area contributed by atoms with Crippen LogP contribution in [-0.2, 0) is 11.2 Å². The number of rotatable bonds is 3. The van der Waals surface area contributed by atoms with Gasteiger partial charge in [-0.15, -0.1) is 11.3 Å². The summed E-state index contributed by atoms with van der Waals surface area (Å²) in [6.07, 6.45) is 3.18. The van der Waals surface area contributed by atoms with Crippen LogP contribution in [0.2, 0.25) is 0 Å². The monoisotopic (exact) mass is 316 g/mol. The summed E-state index contributed by atoms with van der Waals surface area (Å²) in [5, 5.41) is 2.84. The SMILES string of the molecule is CN1CCCN(C(=O)Cc2csc(-c3ccccn3)n2)CC1. The first-order valence-corrected chi connectivity index (χ1v) is 8.42. The molecule has 1 aliphatic rings. The molecule has 6 heteroatoms. The molecule has 116 valence electrons. The van der Waals surface area contributed by atoms with Crippen molar-refractivity contribution >= 4 is 17.2 Å². The first-order valence-electron chi connectivity index (χ1n) is 7.54. The molecular weight excluding hydrogens is 296 g/mol. The van der Waals surface area contributed by atoms with Gasteiger partial charge in [-0.3, -0.25) is 9.78 Å². The Morgan fingerprint density at radius 3 is 3.00 bits per heavy atom. The summed E-state index contributed by atoms with van der Waals surface area (Å²) in [5.41, 5.74) is 1.70. The fourth-order valence-corrected chi connectivity index (χ4v) is 3.35. The lowest BCUT2D eigenvalue weighted by Crippen LogP contribution is -2.35. The lowest BCUT2D eigenvalue weighted by atomic mass is 10.3. The van der Waals surface area contributed by atoms with Crippen LogP contribution in [0.3, 0.4) is 0 Å². The van der Waals surface area contributed by atoms with E-state index in [0.29, 0.717) is 6.42 Å². The van der Waals surface area contributed by atoms with Crippen molar-refractivity contribution in [3.05, 3.63) is 35.5 Å². The Labute approximate surface area is 134 Å². The molecule has 0 aliphatic carbocycles. The molecule has 0 atom stereocenters. The predicted molar refractivity (Wildman–Crippen MR) is 87.7 cm³/mol. The number of pyridine rings is 1. The van der Waals surface area contributed by atoms with Crippen molar-refractivity contribution < 1.29 is 4.79 Å². The lowest BCUT2D eigenvalue weighted by molar-refractivity contribution is -0.130. The minimum absolute atomic E-state index is 0.174. The maximum atomic E-state index is 12.4. The zero-order chi connectivity index (χ0) is 15.4. The standard InChI is InChI=1S/C16H20N4OS/c1-19-7-4-8-20(10-9-19)15(21)11-13-12-22-16(18-13)14-5-2-3-6-17-14/h2-3,5-6,12H,4,7-11H2,1H3. The van der Waals surface area contributed by atoms with Gasteiger partial charge in [-0.1, -0.05) is 6.07 Å². The van der Waals surface area contributed by atoms with Gasteiger partial charge in [0.2, 0.25) is 5.91 Å². The average Bonchev–Trinajstić information content (AvgIpc) is 2.88. The number of nitrogens with zero attached hydrogens (tertiary/aromatic N) is 4. The highest BCUT2D eigenvalue weighted by molar-refractivity contribution is 7.13. The minimum atomic E-state index is 0.174. The van der Waals surface area contributed by atoms with E-state index in [0.717, 1.165) is 49.0 Å². The predicted octanol–water partition coefficient (Wildman–Crippen LogP) is 1.91. The fraction of sp³-hybridized carbons (Fsp3) is 0.438. The molecule has 1 fully saturated rings. The summed E-state index contributed by atoms with van der Waals surface area (Å²) in [6.45, 7) is 3.67. The molecule has 2 aromatic rings. The number of thiazole rings is 1. The molecule has 0 unspecified atom stereocenters. The second-order valence-corrected chi connectivity index (χ2v) is 6.43. The molecular formula is C16H20N4OS. The summed E-state index contributed by atoms with van der Waals surface area (Å²) in [7, 11) is 2.10. The molecule has 0 aromatic carbocycles. The van der Waals surface area contributed by atoms with Crippen LogP contribution in [0.5, 0.6) is 0 Å². The molecule has 0 bridgehead atoms. The van der Waals surface area contributed by atoms with Gasteiger partial charge in [0.1, 0.15) is 5.01 Å². The summed E-state index contributed by atoms with van der Waals surface area (Å²) in [4.78, 5) is 25.5. The molecule has 2 aromatic heterocycles. The van der Waals surface area contributed by atoms with Gasteiger partial charge in [0, 0.05) is 31.2 Å². The molecule has 1 aliphatic heterocycles. The Balaban J connectivity index is 1.63. The van der Waals surface area contributed by atoms with Crippen molar-refractivity contribution in [1.82, 2.24) is 19.8 Å². The van der Waals surface area contributed by atoms with Crippen molar-refractivity contribution in [2.75, 3.05) is 33.2 Å². The molecule has 5 nitrogen and oxygen atoms in total. The molecule has 1 amide bonds. The van der Waals surface area contributed by atoms with Crippen LogP contribution in [0.25, 0.3) is 10.7 Å². The third kappa shape index (κ3) is 3.69. The van der Waals surface area contributed by atoms with Gasteiger partial charge in [-0.2, -0.15) is 0 Å². The lowest BCUT2D eigenvalue weighted by Gasteiger charge is -2.20. The highest BCUT2D eigenvalue weighted by Gasteiger charge is 2.18. The maximum absolute atomic E-state index is 12.4. The second kappa shape index (κ2) is 6.98. The second-order valence-electron chi connectivity index (χ2n) is 5.57. The highest BCUT2D eigenvalue weighted by Crippen LogP contribution is 2.21. The number of carbonyl (C=O) groups is 1. The van der Waals surface area contributed by atoms with E-state index >= 15 is 0 Å². The van der Waals surface area contributed by atoms with E-state index in [9.17, 15) is 4.79 Å². The van der Waals surface area contributed by atoms with Crippen LogP contribution >= 0.6 is 11.3 Å². The maximum Gasteiger partial charge on any atom is 0.228 e. The van der Waals surface area contributed by atoms with Crippen molar-refractivity contribution in [2.24, 2.45) is 0 Å². The molecule has 22 heavy (non-hydrogen) atoms. The molecule has 3 rings (SSSR count). The number of aromatic nitrogens is 2. The van der Waals surface area contributed by atoms with Crippen molar-refractivity contribution in [3.63, 3.8) is 0 Å². The fourth-order valence-electron chi connectivity index (χ4n) is 2.56. The van der Waals surface area contributed by atoms with Crippen LogP contribution in [0.4, 0.5) is 0 Å². The molecule has 0 N–H and O–H groups in total. The highest BCUT2D eigenvalue weighted by atomic mass is 32.1. The van der Waals surface area contributed by atoms with E-state index in [-0.39, 0.29) is 5.91 Å². The quantitative estimate of drug-likeness (QED) is 0.868. The Kier molecular flexibility index (Phi) is 4.80. The van der Waals surface area contributed by atoms with Crippen LogP contribution < -0.4 is 0 Å². The smallest absolute Gasteiger partial charge is 0.228 e. The number of hydrogen-bond acceptors (Lipinski definition) is 5. The van der Waals surface area contributed by atoms with E-state index in [1.807, 2.05) is 28.5 Å². The summed E-state index contributed by atoms with van der Waals surface area (Å²) in [6, 6.07) is 5.77. The van der Waals surface area contributed by atoms with Crippen LogP contribution in [0.15, 0.2) is 29.8 Å². The summed E-state index contributed by atoms with van der Waals surface area (Å²) < 4.78 is 0. The first-order chi connectivity index (χ1) is 10.7. The molecule has 0 saturated carbocycles. The number of amides is 1. The zero-order valence-electron chi connectivity index (χ0n) is 12.7. The number of likely N-dealkylation sites (N-methyl/N-ethyl adjacent to an activating group) is 1. The molecule has 1 saturated heterocycles. The van der Waals surface area contributed by atoms with Crippen molar-refractivity contribution in [3.8, 4) is 10.7 Å². The van der Waals surface area contributed by atoms with E-state index in [4.69, 9.17) is 0 Å². The normalized spacial score (nSPS) is 16.5. The van der Waals surface area contributed by atoms with E-state index in [1.54, 1.807) is 17.5 Å². The Morgan fingerprint density at radius 1 is 1.27 bits per heavy atom. The largest absolute Gasteiger partial charge is 0.341 e. The molecule has 0 radical (unpaired) electrons. The Bertz CT molecular complexity index is 628. The summed E-state index contributed by atoms with van der Waals surface area (Å²) >= 11 is 1.54. The van der Waals surface area contributed by atoms with Crippen LogP contribution in [0, 0.1) is 0 Å². The molecule has 3 heterocycles. The van der Waals surface area contributed by atoms with E-state index < -0.39 is 0 Å². The first kappa shape index (κ1) is 15.1. The van der Waals surface area contributed by atoms with Crippen molar-refractivity contribution in [2.45, 2.75) is 12.8 Å². The van der Waals surface area contributed by atoms with Crippen molar-refractivity contribution in [1.29, 1.82) is 0 Å². The van der Waals surface area contributed by atoms with E-state index in [2.05, 4.69) is 21.9 Å².